The van der Waals surface area contributed by atoms with Gasteiger partial charge in [-0.25, -0.2) is 5.84 Å². The van der Waals surface area contributed by atoms with Crippen molar-refractivity contribution in [3.8, 4) is 12.1 Å². The van der Waals surface area contributed by atoms with Crippen molar-refractivity contribution in [2.45, 2.75) is 45.1 Å². The van der Waals surface area contributed by atoms with Crippen LogP contribution in [-0.2, 0) is 17.4 Å². The Kier molecular flexibility index (Phi) is 4.31. The van der Waals surface area contributed by atoms with Gasteiger partial charge in [-0.2, -0.15) is 15.6 Å². The van der Waals surface area contributed by atoms with Gasteiger partial charge in [0.1, 0.15) is 13.0 Å². The fraction of sp³-hybridized carbons (Fsp3) is 0.471. The zero-order valence-electron chi connectivity index (χ0n) is 14.0. The van der Waals surface area contributed by atoms with Crippen molar-refractivity contribution in [3.63, 3.8) is 0 Å². The molecule has 23 heavy (non-hydrogen) atoms. The molecule has 1 aliphatic rings. The van der Waals surface area contributed by atoms with E-state index in [1.54, 1.807) is 6.34 Å². The zero-order chi connectivity index (χ0) is 17.3. The molecule has 0 amide bonds. The normalized spacial score (nSPS) is 14.7. The molecule has 1 aromatic carbocycles. The minimum atomic E-state index is -0.621. The van der Waals surface area contributed by atoms with Gasteiger partial charge in [0.15, 0.2) is 0 Å². The summed E-state index contributed by atoms with van der Waals surface area (Å²) in [6.07, 6.45) is 1.57. The van der Waals surface area contributed by atoms with Gasteiger partial charge in [0, 0.05) is 0 Å². The Morgan fingerprint density at radius 2 is 1.61 bits per heavy atom. The van der Waals surface area contributed by atoms with Crippen molar-refractivity contribution in [2.24, 2.45) is 10.9 Å². The molecule has 0 aromatic heterocycles. The Hall–Kier alpha value is -2.57. The van der Waals surface area contributed by atoms with E-state index in [2.05, 4.69) is 17.2 Å². The Morgan fingerprint density at radius 3 is 2.00 bits per heavy atom. The lowest BCUT2D eigenvalue weighted by atomic mass is 9.79. The summed E-state index contributed by atoms with van der Waals surface area (Å²) in [4.78, 5) is 0. The molecule has 0 atom stereocenters. The summed E-state index contributed by atoms with van der Waals surface area (Å²) >= 11 is 0. The highest BCUT2D eigenvalue weighted by Gasteiger charge is 2.26. The first kappa shape index (κ1) is 16.8. The average Bonchev–Trinajstić information content (AvgIpc) is 2.92. The maximum absolute atomic E-state index is 9.44. The van der Waals surface area contributed by atoms with Gasteiger partial charge >= 0.3 is 0 Å². The Morgan fingerprint density at radius 1 is 1.09 bits per heavy atom. The fourth-order valence-electron chi connectivity index (χ4n) is 2.34. The molecule has 6 heteroatoms. The van der Waals surface area contributed by atoms with Crippen LogP contribution in [-0.4, -0.2) is 23.0 Å². The van der Waals surface area contributed by atoms with Crippen LogP contribution in [0.3, 0.4) is 0 Å². The van der Waals surface area contributed by atoms with E-state index in [1.807, 2.05) is 50.9 Å². The smallest absolute Gasteiger partial charge is 0.127 e. The van der Waals surface area contributed by atoms with Crippen LogP contribution in [0.25, 0.3) is 0 Å². The summed E-state index contributed by atoms with van der Waals surface area (Å²) in [6.45, 7) is 8.61. The van der Waals surface area contributed by atoms with Crippen molar-refractivity contribution in [1.82, 2.24) is 10.0 Å². The number of nitrogens with two attached hydrogens (primary N) is 1. The summed E-state index contributed by atoms with van der Waals surface area (Å²) in [6, 6.07) is 10.6. The summed E-state index contributed by atoms with van der Waals surface area (Å²) < 4.78 is 0. The maximum Gasteiger partial charge on any atom is 0.127 e. The number of nitriles is 2. The molecule has 0 saturated carbocycles. The third-order valence-corrected chi connectivity index (χ3v) is 4.05. The second-order valence-corrected chi connectivity index (χ2v) is 6.94. The van der Waals surface area contributed by atoms with E-state index in [0.29, 0.717) is 13.2 Å². The first-order valence-electron chi connectivity index (χ1n) is 7.46. The van der Waals surface area contributed by atoms with E-state index < -0.39 is 10.8 Å². The van der Waals surface area contributed by atoms with Gasteiger partial charge in [0.2, 0.25) is 0 Å². The van der Waals surface area contributed by atoms with Crippen LogP contribution in [0.1, 0.15) is 44.4 Å². The molecule has 0 unspecified atom stereocenters. The first-order valence-corrected chi connectivity index (χ1v) is 7.46. The molecule has 1 aromatic rings. The van der Waals surface area contributed by atoms with E-state index in [9.17, 15) is 10.5 Å². The second-order valence-electron chi connectivity index (χ2n) is 6.94. The highest BCUT2D eigenvalue weighted by atomic mass is 15.6. The summed E-state index contributed by atoms with van der Waals surface area (Å²) in [5.74, 6) is 5.68. The van der Waals surface area contributed by atoms with Crippen molar-refractivity contribution >= 4 is 6.34 Å². The molecule has 0 saturated heterocycles. The van der Waals surface area contributed by atoms with Crippen molar-refractivity contribution in [1.29, 1.82) is 10.5 Å². The standard InChI is InChI=1S/C17H22N6/c1-16(2,9-18)14-5-13(8-23-12-22(20)11-21-23)6-15(7-14)17(3,4)10-19/h5-7,11H,8,12,20H2,1-4H3. The molecule has 1 aliphatic heterocycles. The van der Waals surface area contributed by atoms with Gasteiger partial charge < -0.3 is 0 Å². The lowest BCUT2D eigenvalue weighted by molar-refractivity contribution is 0.230. The molecule has 0 bridgehead atoms. The van der Waals surface area contributed by atoms with Gasteiger partial charge in [-0.1, -0.05) is 18.2 Å². The van der Waals surface area contributed by atoms with Gasteiger partial charge in [0.25, 0.3) is 0 Å². The first-order chi connectivity index (χ1) is 10.7. The number of benzene rings is 1. The molecule has 6 nitrogen and oxygen atoms in total. The summed E-state index contributed by atoms with van der Waals surface area (Å²) in [5, 5.41) is 26.4. The lowest BCUT2D eigenvalue weighted by Crippen LogP contribution is -2.32. The molecule has 0 spiro atoms. The quantitative estimate of drug-likeness (QED) is 0.860. The summed E-state index contributed by atoms with van der Waals surface area (Å²) in [5.41, 5.74) is 1.58. The number of hydrazone groups is 1. The third-order valence-electron chi connectivity index (χ3n) is 4.05. The Balaban J connectivity index is 2.44. The minimum absolute atomic E-state index is 0.517. The Labute approximate surface area is 137 Å². The predicted octanol–water partition coefficient (Wildman–Crippen LogP) is 2.18. The van der Waals surface area contributed by atoms with Crippen molar-refractivity contribution in [2.75, 3.05) is 6.67 Å². The largest absolute Gasteiger partial charge is 0.278 e. The number of hydrogen-bond acceptors (Lipinski definition) is 6. The molecule has 0 aliphatic carbocycles. The number of rotatable bonds is 4. The lowest BCUT2D eigenvalue weighted by Gasteiger charge is -2.24. The number of hydrazine groups is 1. The van der Waals surface area contributed by atoms with Crippen LogP contribution in [0.5, 0.6) is 0 Å². The molecular weight excluding hydrogens is 288 g/mol. The average molecular weight is 310 g/mol. The topological polar surface area (TPSA) is 92.4 Å². The van der Waals surface area contributed by atoms with Crippen molar-refractivity contribution in [3.05, 3.63) is 34.9 Å². The molecule has 1 heterocycles. The third kappa shape index (κ3) is 3.61. The molecule has 0 fully saturated rings. The van der Waals surface area contributed by atoms with Gasteiger partial charge in [0.05, 0.1) is 29.5 Å². The monoisotopic (exact) mass is 310 g/mol. The van der Waals surface area contributed by atoms with E-state index >= 15 is 0 Å². The molecule has 2 N–H and O–H groups in total. The highest BCUT2D eigenvalue weighted by molar-refractivity contribution is 5.55. The van der Waals surface area contributed by atoms with Gasteiger partial charge in [-0.15, -0.1) is 0 Å². The van der Waals surface area contributed by atoms with E-state index in [1.165, 1.54) is 5.01 Å². The molecule has 120 valence electrons. The van der Waals surface area contributed by atoms with Crippen LogP contribution >= 0.6 is 0 Å². The number of hydrogen-bond donors (Lipinski definition) is 1. The van der Waals surface area contributed by atoms with Crippen molar-refractivity contribution < 1.29 is 0 Å². The minimum Gasteiger partial charge on any atom is -0.278 e. The summed E-state index contributed by atoms with van der Waals surface area (Å²) in [7, 11) is 0. The second kappa shape index (κ2) is 5.91. The Bertz CT molecular complexity index is 661. The van der Waals surface area contributed by atoms with Crippen LogP contribution < -0.4 is 5.84 Å². The van der Waals surface area contributed by atoms with E-state index in [0.717, 1.165) is 16.7 Å². The van der Waals surface area contributed by atoms with Crippen LogP contribution in [0.15, 0.2) is 23.3 Å². The van der Waals surface area contributed by atoms with Crippen LogP contribution in [0, 0.1) is 22.7 Å². The van der Waals surface area contributed by atoms with E-state index in [-0.39, 0.29) is 0 Å². The zero-order valence-corrected chi connectivity index (χ0v) is 14.0. The highest BCUT2D eigenvalue weighted by Crippen LogP contribution is 2.30. The van der Waals surface area contributed by atoms with Crippen LogP contribution in [0.2, 0.25) is 0 Å². The molecule has 0 radical (unpaired) electrons. The SMILES string of the molecule is CC(C)(C#N)c1cc(CN2CN(N)C=N2)cc(C(C)(C)C#N)c1. The maximum atomic E-state index is 9.44. The van der Waals surface area contributed by atoms with Crippen LogP contribution in [0.4, 0.5) is 0 Å². The number of nitrogens with zero attached hydrogens (tertiary/aromatic N) is 5. The van der Waals surface area contributed by atoms with Gasteiger partial charge in [-0.05, 0) is 44.4 Å². The van der Waals surface area contributed by atoms with Gasteiger partial charge in [-0.3, -0.25) is 10.0 Å². The fourth-order valence-corrected chi connectivity index (χ4v) is 2.34. The predicted molar refractivity (Wildman–Crippen MR) is 88.6 cm³/mol. The molecular formula is C17H22N6. The van der Waals surface area contributed by atoms with E-state index in [4.69, 9.17) is 5.84 Å². The molecule has 2 rings (SSSR count).